The van der Waals surface area contributed by atoms with Gasteiger partial charge in [0.1, 0.15) is 5.88 Å². The second kappa shape index (κ2) is 6.70. The summed E-state index contributed by atoms with van der Waals surface area (Å²) in [5, 5.41) is 2.19. The maximum atomic E-state index is 11.9. The first-order valence-electron chi connectivity index (χ1n) is 6.81. The van der Waals surface area contributed by atoms with Crippen LogP contribution in [0.5, 0.6) is 0 Å². The summed E-state index contributed by atoms with van der Waals surface area (Å²) in [5.41, 5.74) is 2.47. The van der Waals surface area contributed by atoms with Gasteiger partial charge in [-0.1, -0.05) is 30.2 Å². The van der Waals surface area contributed by atoms with Crippen LogP contribution in [0.2, 0.25) is 0 Å². The molecular formula is C15H19NO3S. The zero-order valence-electron chi connectivity index (χ0n) is 11.3. The van der Waals surface area contributed by atoms with Gasteiger partial charge in [0.05, 0.1) is 4.90 Å². The molecule has 4 nitrogen and oxygen atoms in total. The number of carbonyl (C=O) groups excluding carboxylic acids is 1. The Bertz CT molecular complexity index is 580. The van der Waals surface area contributed by atoms with Crippen LogP contribution in [-0.4, -0.2) is 20.7 Å². The van der Waals surface area contributed by atoms with Gasteiger partial charge >= 0.3 is 0 Å². The number of nitrogens with one attached hydrogen (secondary N) is 1. The van der Waals surface area contributed by atoms with E-state index < -0.39 is 9.84 Å². The number of carbonyl (C=O) groups is 1. The van der Waals surface area contributed by atoms with E-state index in [-0.39, 0.29) is 10.8 Å². The van der Waals surface area contributed by atoms with Crippen LogP contribution in [0.3, 0.4) is 0 Å². The Labute approximate surface area is 119 Å². The lowest BCUT2D eigenvalue weighted by molar-refractivity contribution is -0.109. The molecule has 1 aromatic carbocycles. The van der Waals surface area contributed by atoms with Gasteiger partial charge < -0.3 is 5.32 Å². The highest BCUT2D eigenvalue weighted by Crippen LogP contribution is 2.25. The van der Waals surface area contributed by atoms with Crippen LogP contribution in [0.4, 0.5) is 0 Å². The molecule has 0 heterocycles. The molecule has 1 aromatic rings. The molecular weight excluding hydrogens is 274 g/mol. The molecule has 5 heteroatoms. The van der Waals surface area contributed by atoms with Crippen molar-refractivity contribution in [3.63, 3.8) is 0 Å². The number of benzene rings is 1. The molecule has 1 aliphatic rings. The summed E-state index contributed by atoms with van der Waals surface area (Å²) in [5.74, 6) is -0.364. The summed E-state index contributed by atoms with van der Waals surface area (Å²) in [6.07, 6.45) is 8.62. The van der Waals surface area contributed by atoms with E-state index >= 15 is 0 Å². The van der Waals surface area contributed by atoms with Crippen molar-refractivity contribution in [1.82, 2.24) is 5.32 Å². The molecule has 1 aliphatic carbocycles. The normalized spacial score (nSPS) is 15.7. The summed E-state index contributed by atoms with van der Waals surface area (Å²) < 4.78 is 23.7. The van der Waals surface area contributed by atoms with E-state index in [0.717, 1.165) is 18.4 Å². The van der Waals surface area contributed by atoms with Gasteiger partial charge in [-0.2, -0.15) is 0 Å². The van der Waals surface area contributed by atoms with Crippen LogP contribution in [0.25, 0.3) is 6.08 Å². The van der Waals surface area contributed by atoms with Crippen molar-refractivity contribution in [1.29, 1.82) is 0 Å². The van der Waals surface area contributed by atoms with Crippen molar-refractivity contribution >= 4 is 22.3 Å². The number of hydrogen-bond donors (Lipinski definition) is 1. The second-order valence-electron chi connectivity index (χ2n) is 5.01. The molecule has 1 saturated carbocycles. The molecule has 0 aromatic heterocycles. The zero-order valence-corrected chi connectivity index (χ0v) is 12.2. The number of hydrogen-bond acceptors (Lipinski definition) is 3. The zero-order chi connectivity index (χ0) is 14.4. The van der Waals surface area contributed by atoms with Gasteiger partial charge in [-0.05, 0) is 43.4 Å². The third-order valence-electron chi connectivity index (χ3n) is 3.46. The van der Waals surface area contributed by atoms with E-state index in [4.69, 9.17) is 0 Å². The predicted molar refractivity (Wildman–Crippen MR) is 78.8 cm³/mol. The first kappa shape index (κ1) is 14.8. The quantitative estimate of drug-likeness (QED) is 0.848. The lowest BCUT2D eigenvalue weighted by Gasteiger charge is -2.13. The standard InChI is InChI=1S/C15H19NO3S/c17-11-16-12-20(18,19)15-8-6-14(7-9-15)10-13-4-2-1-3-5-13/h6-11H,1-5,12H2,(H,16,17). The minimum absolute atomic E-state index is 0.234. The fourth-order valence-corrected chi connectivity index (χ4v) is 3.39. The van der Waals surface area contributed by atoms with Crippen molar-refractivity contribution in [2.24, 2.45) is 0 Å². The maximum Gasteiger partial charge on any atom is 0.207 e. The molecule has 1 amide bonds. The van der Waals surface area contributed by atoms with E-state index in [9.17, 15) is 13.2 Å². The van der Waals surface area contributed by atoms with Crippen LogP contribution in [-0.2, 0) is 14.6 Å². The highest BCUT2D eigenvalue weighted by Gasteiger charge is 2.13. The van der Waals surface area contributed by atoms with Crippen molar-refractivity contribution in [3.8, 4) is 0 Å². The van der Waals surface area contributed by atoms with Crippen molar-refractivity contribution in [3.05, 3.63) is 35.4 Å². The van der Waals surface area contributed by atoms with Crippen molar-refractivity contribution < 1.29 is 13.2 Å². The summed E-state index contributed by atoms with van der Waals surface area (Å²) >= 11 is 0. The van der Waals surface area contributed by atoms with E-state index in [1.165, 1.54) is 24.8 Å². The fraction of sp³-hybridized carbons (Fsp3) is 0.400. The highest BCUT2D eigenvalue weighted by molar-refractivity contribution is 7.91. The molecule has 0 unspecified atom stereocenters. The van der Waals surface area contributed by atoms with Gasteiger partial charge in [-0.25, -0.2) is 8.42 Å². The highest BCUT2D eigenvalue weighted by atomic mass is 32.2. The molecule has 1 N–H and O–H groups in total. The Morgan fingerprint density at radius 2 is 1.70 bits per heavy atom. The minimum Gasteiger partial charge on any atom is -0.344 e. The Kier molecular flexibility index (Phi) is 4.95. The van der Waals surface area contributed by atoms with Crippen LogP contribution in [0.1, 0.15) is 37.7 Å². The van der Waals surface area contributed by atoms with Gasteiger partial charge in [0, 0.05) is 0 Å². The molecule has 0 saturated heterocycles. The van der Waals surface area contributed by atoms with E-state index in [1.54, 1.807) is 12.1 Å². The number of sulfone groups is 1. The first-order valence-corrected chi connectivity index (χ1v) is 8.46. The second-order valence-corrected chi connectivity index (χ2v) is 7.00. The van der Waals surface area contributed by atoms with Gasteiger partial charge in [0.15, 0.2) is 9.84 Å². The summed E-state index contributed by atoms with van der Waals surface area (Å²) in [6.45, 7) is 0. The Morgan fingerprint density at radius 3 is 2.30 bits per heavy atom. The molecule has 20 heavy (non-hydrogen) atoms. The molecule has 0 radical (unpaired) electrons. The third-order valence-corrected chi connectivity index (χ3v) is 5.00. The first-order chi connectivity index (χ1) is 9.62. The summed E-state index contributed by atoms with van der Waals surface area (Å²) in [7, 11) is -3.44. The van der Waals surface area contributed by atoms with Gasteiger partial charge in [-0.15, -0.1) is 0 Å². The average molecular weight is 293 g/mol. The SMILES string of the molecule is O=CNCS(=O)(=O)c1ccc(C=C2CCCCC2)cc1. The van der Waals surface area contributed by atoms with Crippen molar-refractivity contribution in [2.75, 3.05) is 5.88 Å². The third kappa shape index (κ3) is 3.93. The topological polar surface area (TPSA) is 63.2 Å². The molecule has 0 aliphatic heterocycles. The van der Waals surface area contributed by atoms with E-state index in [0.29, 0.717) is 6.41 Å². The Balaban J connectivity index is 2.11. The van der Waals surface area contributed by atoms with Crippen molar-refractivity contribution in [2.45, 2.75) is 37.0 Å². The lowest BCUT2D eigenvalue weighted by atomic mass is 9.93. The lowest BCUT2D eigenvalue weighted by Crippen LogP contribution is -2.21. The maximum absolute atomic E-state index is 11.9. The molecule has 0 bridgehead atoms. The number of allylic oxidation sites excluding steroid dienone is 1. The van der Waals surface area contributed by atoms with E-state index in [1.807, 2.05) is 12.1 Å². The molecule has 0 spiro atoms. The van der Waals surface area contributed by atoms with Gasteiger partial charge in [0.25, 0.3) is 0 Å². The fourth-order valence-electron chi connectivity index (χ4n) is 2.38. The van der Waals surface area contributed by atoms with Crippen LogP contribution in [0.15, 0.2) is 34.7 Å². The number of rotatable bonds is 5. The predicted octanol–water partition coefficient (Wildman–Crippen LogP) is 2.51. The van der Waals surface area contributed by atoms with Crippen LogP contribution >= 0.6 is 0 Å². The van der Waals surface area contributed by atoms with E-state index in [2.05, 4.69) is 11.4 Å². The molecule has 108 valence electrons. The molecule has 2 rings (SSSR count). The summed E-state index contributed by atoms with van der Waals surface area (Å²) in [6, 6.07) is 6.82. The Morgan fingerprint density at radius 1 is 1.05 bits per heavy atom. The number of amides is 1. The van der Waals surface area contributed by atoms with Crippen LogP contribution < -0.4 is 5.32 Å². The smallest absolute Gasteiger partial charge is 0.207 e. The van der Waals surface area contributed by atoms with Gasteiger partial charge in [-0.3, -0.25) is 4.79 Å². The monoisotopic (exact) mass is 293 g/mol. The summed E-state index contributed by atoms with van der Waals surface area (Å²) in [4.78, 5) is 10.4. The largest absolute Gasteiger partial charge is 0.344 e. The Hall–Kier alpha value is -1.62. The minimum atomic E-state index is -3.44. The van der Waals surface area contributed by atoms with Gasteiger partial charge in [0.2, 0.25) is 6.41 Å². The molecule has 0 atom stereocenters. The molecule has 1 fully saturated rings. The average Bonchev–Trinajstić information content (AvgIpc) is 2.47. The van der Waals surface area contributed by atoms with Crippen LogP contribution in [0, 0.1) is 0 Å².